The Bertz CT molecular complexity index is 1560. The van der Waals surface area contributed by atoms with Crippen molar-refractivity contribution in [2.75, 3.05) is 5.32 Å². The highest BCUT2D eigenvalue weighted by Crippen LogP contribution is 2.32. The predicted molar refractivity (Wildman–Crippen MR) is 138 cm³/mol. The van der Waals surface area contributed by atoms with Gasteiger partial charge in [0.05, 0.1) is 22.8 Å². The van der Waals surface area contributed by atoms with E-state index >= 15 is 0 Å². The van der Waals surface area contributed by atoms with E-state index in [9.17, 15) is 24.1 Å². The summed E-state index contributed by atoms with van der Waals surface area (Å²) in [5, 5.41) is 19.0. The largest absolute Gasteiger partial charge is 0.464 e. The van der Waals surface area contributed by atoms with Gasteiger partial charge in [-0.15, -0.1) is 0 Å². The first kappa shape index (κ1) is 24.4. The maximum absolute atomic E-state index is 13.2. The number of non-ortho nitro benzene ring substituents is 1. The fourth-order valence-electron chi connectivity index (χ4n) is 4.23. The van der Waals surface area contributed by atoms with Crippen LogP contribution in [-0.4, -0.2) is 16.9 Å². The molecule has 9 nitrogen and oxygen atoms in total. The van der Waals surface area contributed by atoms with Crippen molar-refractivity contribution >= 4 is 23.3 Å². The number of furan rings is 1. The summed E-state index contributed by atoms with van der Waals surface area (Å²) in [6, 6.07) is 19.5. The molecule has 3 aromatic carbocycles. The van der Waals surface area contributed by atoms with Crippen LogP contribution in [0.4, 0.5) is 20.6 Å². The number of anilines is 1. The van der Waals surface area contributed by atoms with E-state index in [0.29, 0.717) is 28.3 Å². The number of benzene rings is 3. The molecule has 0 radical (unpaired) electrons. The Balaban J connectivity index is 1.38. The quantitative estimate of drug-likeness (QED) is 0.218. The summed E-state index contributed by atoms with van der Waals surface area (Å²) in [4.78, 5) is 35.8. The van der Waals surface area contributed by atoms with Crippen LogP contribution in [0.5, 0.6) is 0 Å². The maximum Gasteiger partial charge on any atom is 0.319 e. The molecule has 2 heterocycles. The Hall–Kier alpha value is -5.25. The molecular weight excluding hydrogens is 491 g/mol. The summed E-state index contributed by atoms with van der Waals surface area (Å²) in [6.07, 6.45) is 1.59. The molecule has 1 aliphatic heterocycles. The highest BCUT2D eigenvalue weighted by atomic mass is 19.1. The predicted octanol–water partition coefficient (Wildman–Crippen LogP) is 5.93. The molecular formula is C28H21FN4O5. The maximum atomic E-state index is 13.2. The Morgan fingerprint density at radius 2 is 1.63 bits per heavy atom. The Morgan fingerprint density at radius 3 is 2.29 bits per heavy atom. The van der Waals surface area contributed by atoms with Gasteiger partial charge in [-0.1, -0.05) is 36.4 Å². The van der Waals surface area contributed by atoms with Crippen molar-refractivity contribution in [3.63, 3.8) is 0 Å². The molecule has 38 heavy (non-hydrogen) atoms. The SMILES string of the molecule is CC1=C(C(=O)Nc2ccc([N+](=O)[O-])cc2)C(c2ccc(-c3cc(-c4ccc(F)cc4)co3)cc2)NC(=O)N1. The summed E-state index contributed by atoms with van der Waals surface area (Å²) in [6.45, 7) is 1.63. The number of nitro benzene ring substituents is 1. The van der Waals surface area contributed by atoms with Gasteiger partial charge in [0.25, 0.3) is 11.6 Å². The zero-order valence-corrected chi connectivity index (χ0v) is 20.0. The van der Waals surface area contributed by atoms with Crippen LogP contribution in [0.25, 0.3) is 22.5 Å². The monoisotopic (exact) mass is 512 g/mol. The van der Waals surface area contributed by atoms with E-state index in [0.717, 1.165) is 16.7 Å². The van der Waals surface area contributed by atoms with Crippen LogP contribution in [-0.2, 0) is 4.79 Å². The second kappa shape index (κ2) is 10.0. The average molecular weight is 512 g/mol. The first-order chi connectivity index (χ1) is 18.3. The van der Waals surface area contributed by atoms with Crippen molar-refractivity contribution in [1.82, 2.24) is 10.6 Å². The van der Waals surface area contributed by atoms with Crippen molar-refractivity contribution in [2.45, 2.75) is 13.0 Å². The minimum absolute atomic E-state index is 0.0932. The van der Waals surface area contributed by atoms with Gasteiger partial charge in [0.1, 0.15) is 11.6 Å². The third-order valence-electron chi connectivity index (χ3n) is 6.16. The van der Waals surface area contributed by atoms with Crippen LogP contribution in [0.3, 0.4) is 0 Å². The van der Waals surface area contributed by atoms with Gasteiger partial charge >= 0.3 is 6.03 Å². The zero-order chi connectivity index (χ0) is 26.8. The third kappa shape index (κ3) is 5.00. The molecule has 0 saturated heterocycles. The topological polar surface area (TPSA) is 127 Å². The Labute approximate surface area is 216 Å². The Kier molecular flexibility index (Phi) is 6.44. The number of nitrogens with one attached hydrogen (secondary N) is 3. The number of rotatable bonds is 6. The van der Waals surface area contributed by atoms with Crippen molar-refractivity contribution < 1.29 is 23.3 Å². The van der Waals surface area contributed by atoms with Crippen molar-refractivity contribution in [3.8, 4) is 22.5 Å². The van der Waals surface area contributed by atoms with Crippen molar-refractivity contribution in [1.29, 1.82) is 0 Å². The number of allylic oxidation sites excluding steroid dienone is 1. The number of urea groups is 1. The van der Waals surface area contributed by atoms with Gasteiger partial charge in [-0.3, -0.25) is 14.9 Å². The summed E-state index contributed by atoms with van der Waals surface area (Å²) >= 11 is 0. The lowest BCUT2D eigenvalue weighted by Crippen LogP contribution is -2.45. The van der Waals surface area contributed by atoms with Gasteiger partial charge in [-0.05, 0) is 48.4 Å². The first-order valence-corrected chi connectivity index (χ1v) is 11.6. The lowest BCUT2D eigenvalue weighted by Gasteiger charge is -2.28. The van der Waals surface area contributed by atoms with E-state index in [1.165, 1.54) is 36.4 Å². The molecule has 1 aliphatic rings. The molecule has 10 heteroatoms. The van der Waals surface area contributed by atoms with Crippen LogP contribution in [0.15, 0.2) is 101 Å². The standard InChI is InChI=1S/C28H21FN4O5/c1-16-25(27(34)31-22-10-12-23(13-11-22)33(36)37)26(32-28(35)30-16)19-4-2-18(3-5-19)24-14-20(15-38-24)17-6-8-21(29)9-7-17/h2-15,26H,1H3,(H,31,34)(H2,30,32,35). The number of carbonyl (C=O) groups excluding carboxylic acids is 2. The lowest BCUT2D eigenvalue weighted by atomic mass is 9.93. The molecule has 5 rings (SSSR count). The van der Waals surface area contributed by atoms with Gasteiger partial charge in [0, 0.05) is 34.6 Å². The summed E-state index contributed by atoms with van der Waals surface area (Å²) in [5.74, 6) is -0.177. The number of halogens is 1. The van der Waals surface area contributed by atoms with Gasteiger partial charge in [-0.2, -0.15) is 0 Å². The average Bonchev–Trinajstić information content (AvgIpc) is 3.39. The summed E-state index contributed by atoms with van der Waals surface area (Å²) < 4.78 is 19.0. The van der Waals surface area contributed by atoms with E-state index in [1.807, 2.05) is 18.2 Å². The van der Waals surface area contributed by atoms with Crippen LogP contribution < -0.4 is 16.0 Å². The second-order valence-electron chi connectivity index (χ2n) is 8.66. The smallest absolute Gasteiger partial charge is 0.319 e. The molecule has 3 N–H and O–H groups in total. The molecule has 3 amide bonds. The van der Waals surface area contributed by atoms with Crippen LogP contribution in [0.2, 0.25) is 0 Å². The molecule has 0 bridgehead atoms. The molecule has 0 spiro atoms. The minimum atomic E-state index is -0.734. The van der Waals surface area contributed by atoms with Crippen LogP contribution in [0.1, 0.15) is 18.5 Å². The van der Waals surface area contributed by atoms with Crippen LogP contribution >= 0.6 is 0 Å². The molecule has 1 aromatic heterocycles. The number of hydrogen-bond donors (Lipinski definition) is 3. The summed E-state index contributed by atoms with van der Waals surface area (Å²) in [5.41, 5.74) is 4.04. The zero-order valence-electron chi connectivity index (χ0n) is 20.0. The molecule has 0 saturated carbocycles. The van der Waals surface area contributed by atoms with Gasteiger partial charge < -0.3 is 20.4 Å². The third-order valence-corrected chi connectivity index (χ3v) is 6.16. The number of nitro groups is 1. The molecule has 0 aliphatic carbocycles. The highest BCUT2D eigenvalue weighted by molar-refractivity contribution is 6.06. The molecule has 4 aromatic rings. The van der Waals surface area contributed by atoms with Gasteiger partial charge in [0.15, 0.2) is 0 Å². The molecule has 1 atom stereocenters. The number of nitrogens with zero attached hydrogens (tertiary/aromatic N) is 1. The second-order valence-corrected chi connectivity index (χ2v) is 8.66. The van der Waals surface area contributed by atoms with Crippen molar-refractivity contribution in [3.05, 3.63) is 118 Å². The molecule has 190 valence electrons. The lowest BCUT2D eigenvalue weighted by molar-refractivity contribution is -0.384. The molecule has 0 fully saturated rings. The van der Waals surface area contributed by atoms with Crippen LogP contribution in [0, 0.1) is 15.9 Å². The van der Waals surface area contributed by atoms with Gasteiger partial charge in [0.2, 0.25) is 0 Å². The first-order valence-electron chi connectivity index (χ1n) is 11.6. The van der Waals surface area contributed by atoms with E-state index < -0.39 is 22.9 Å². The van der Waals surface area contributed by atoms with Gasteiger partial charge in [-0.25, -0.2) is 9.18 Å². The van der Waals surface area contributed by atoms with Crippen molar-refractivity contribution in [2.24, 2.45) is 0 Å². The Morgan fingerprint density at radius 1 is 0.974 bits per heavy atom. The highest BCUT2D eigenvalue weighted by Gasteiger charge is 2.31. The van der Waals surface area contributed by atoms with E-state index in [1.54, 1.807) is 37.5 Å². The minimum Gasteiger partial charge on any atom is -0.464 e. The normalized spacial score (nSPS) is 15.0. The van der Waals surface area contributed by atoms with E-state index in [4.69, 9.17) is 4.42 Å². The molecule has 1 unspecified atom stereocenters. The number of amides is 3. The summed E-state index contributed by atoms with van der Waals surface area (Å²) in [7, 11) is 0. The van der Waals surface area contributed by atoms with E-state index in [2.05, 4.69) is 16.0 Å². The number of hydrogen-bond acceptors (Lipinski definition) is 5. The fourth-order valence-corrected chi connectivity index (χ4v) is 4.23. The fraction of sp³-hybridized carbons (Fsp3) is 0.0714. The van der Waals surface area contributed by atoms with E-state index in [-0.39, 0.29) is 11.5 Å². The number of carbonyl (C=O) groups is 2.